The van der Waals surface area contributed by atoms with E-state index in [9.17, 15) is 9.59 Å². The molecule has 2 amide bonds. The van der Waals surface area contributed by atoms with Gasteiger partial charge >= 0.3 is 0 Å². The fraction of sp³-hybridized carbons (Fsp3) is 0.450. The lowest BCUT2D eigenvalue weighted by Crippen LogP contribution is -2.41. The molecule has 3 heterocycles. The van der Waals surface area contributed by atoms with E-state index in [1.807, 2.05) is 25.1 Å². The molecule has 0 atom stereocenters. The third-order valence-corrected chi connectivity index (χ3v) is 5.79. The number of ether oxygens (including phenoxy) is 2. The molecule has 2 aliphatic heterocycles. The summed E-state index contributed by atoms with van der Waals surface area (Å²) in [5, 5.41) is 5.37. The summed E-state index contributed by atoms with van der Waals surface area (Å²) < 4.78 is 10.9. The highest BCUT2D eigenvalue weighted by molar-refractivity contribution is 7.09. The Hall–Kier alpha value is -2.49. The fourth-order valence-corrected chi connectivity index (χ4v) is 4.11. The number of thiazole rings is 1. The maximum atomic E-state index is 12.4. The molecule has 0 aliphatic carbocycles. The summed E-state index contributed by atoms with van der Waals surface area (Å²) in [6.07, 6.45) is 0. The first kappa shape index (κ1) is 19.8. The zero-order chi connectivity index (χ0) is 20.2. The Morgan fingerprint density at radius 3 is 2.97 bits per heavy atom. The van der Waals surface area contributed by atoms with Crippen molar-refractivity contribution in [2.45, 2.75) is 13.5 Å². The summed E-state index contributed by atoms with van der Waals surface area (Å²) in [4.78, 5) is 33.1. The van der Waals surface area contributed by atoms with Crippen molar-refractivity contribution in [2.24, 2.45) is 0 Å². The summed E-state index contributed by atoms with van der Waals surface area (Å²) in [5.74, 6) is 0.389. The molecule has 2 aromatic rings. The van der Waals surface area contributed by atoms with E-state index in [0.717, 1.165) is 44.1 Å². The van der Waals surface area contributed by atoms with Crippen molar-refractivity contribution < 1.29 is 19.1 Å². The van der Waals surface area contributed by atoms with E-state index >= 15 is 0 Å². The van der Waals surface area contributed by atoms with Crippen LogP contribution in [0.5, 0.6) is 5.75 Å². The van der Waals surface area contributed by atoms with Crippen LogP contribution in [-0.4, -0.2) is 67.7 Å². The van der Waals surface area contributed by atoms with Crippen molar-refractivity contribution in [1.29, 1.82) is 0 Å². The Kier molecular flexibility index (Phi) is 6.08. The lowest BCUT2D eigenvalue weighted by atomic mass is 10.1. The Balaban J connectivity index is 1.35. The van der Waals surface area contributed by atoms with Gasteiger partial charge in [-0.15, -0.1) is 11.3 Å². The highest BCUT2D eigenvalue weighted by Crippen LogP contribution is 2.34. The maximum Gasteiger partial charge on any atom is 0.270 e. The van der Waals surface area contributed by atoms with Crippen molar-refractivity contribution >= 4 is 28.8 Å². The number of rotatable bonds is 6. The minimum atomic E-state index is -0.190. The number of amides is 2. The van der Waals surface area contributed by atoms with Crippen LogP contribution in [0.3, 0.4) is 0 Å². The van der Waals surface area contributed by atoms with E-state index in [1.165, 1.54) is 11.3 Å². The topological polar surface area (TPSA) is 84.0 Å². The van der Waals surface area contributed by atoms with Gasteiger partial charge in [0.05, 0.1) is 25.4 Å². The Labute approximate surface area is 173 Å². The van der Waals surface area contributed by atoms with E-state index in [1.54, 1.807) is 10.3 Å². The summed E-state index contributed by atoms with van der Waals surface area (Å²) in [7, 11) is 0. The third-order valence-electron chi connectivity index (χ3n) is 4.95. The van der Waals surface area contributed by atoms with Crippen LogP contribution in [-0.2, 0) is 16.1 Å². The third kappa shape index (κ3) is 4.75. The number of carbonyl (C=O) groups is 2. The summed E-state index contributed by atoms with van der Waals surface area (Å²) >= 11 is 1.38. The molecule has 0 spiro atoms. The first-order valence-electron chi connectivity index (χ1n) is 9.66. The van der Waals surface area contributed by atoms with Crippen molar-refractivity contribution in [3.05, 3.63) is 39.8 Å². The van der Waals surface area contributed by atoms with Gasteiger partial charge in [-0.2, -0.15) is 0 Å². The van der Waals surface area contributed by atoms with Gasteiger partial charge in [0.15, 0.2) is 6.61 Å². The first-order valence-corrected chi connectivity index (χ1v) is 10.5. The number of benzene rings is 1. The molecule has 4 rings (SSSR count). The lowest BCUT2D eigenvalue weighted by molar-refractivity contribution is -0.121. The normalized spacial score (nSPS) is 17.0. The summed E-state index contributed by atoms with van der Waals surface area (Å²) in [6, 6.07) is 5.75. The van der Waals surface area contributed by atoms with Crippen LogP contribution in [0.2, 0.25) is 0 Å². The van der Waals surface area contributed by atoms with Crippen LogP contribution in [0.4, 0.5) is 5.69 Å². The Bertz CT molecular complexity index is 894. The van der Waals surface area contributed by atoms with Crippen LogP contribution >= 0.6 is 11.3 Å². The molecule has 1 saturated heterocycles. The number of hydrogen-bond donors (Lipinski definition) is 1. The number of anilines is 1. The van der Waals surface area contributed by atoms with Gasteiger partial charge in [0, 0.05) is 31.6 Å². The predicted octanol–water partition coefficient (Wildman–Crippen LogP) is 1.44. The average molecular weight is 417 g/mol. The molecule has 1 aromatic carbocycles. The van der Waals surface area contributed by atoms with E-state index < -0.39 is 0 Å². The second kappa shape index (κ2) is 8.89. The largest absolute Gasteiger partial charge is 0.482 e. The van der Waals surface area contributed by atoms with Crippen LogP contribution in [0.25, 0.3) is 0 Å². The average Bonchev–Trinajstić information content (AvgIpc) is 3.20. The number of aromatic nitrogens is 1. The standard InChI is InChI=1S/C20H24N4O4S/c1-14-2-3-16-17(10-14)28-12-19(25)24(16)11-18-22-15(13-29-18)20(26)21-4-5-23-6-8-27-9-7-23/h2-3,10,13H,4-9,11-12H2,1H3,(H,21,26). The molecule has 1 N–H and O–H groups in total. The smallest absolute Gasteiger partial charge is 0.270 e. The minimum absolute atomic E-state index is 0.0106. The van der Waals surface area contributed by atoms with Gasteiger partial charge < -0.3 is 14.8 Å². The molecule has 29 heavy (non-hydrogen) atoms. The molecular formula is C20H24N4O4S. The number of carbonyl (C=O) groups excluding carboxylic acids is 2. The monoisotopic (exact) mass is 416 g/mol. The minimum Gasteiger partial charge on any atom is -0.482 e. The quantitative estimate of drug-likeness (QED) is 0.767. The zero-order valence-corrected chi connectivity index (χ0v) is 17.2. The number of fused-ring (bicyclic) bond motifs is 1. The fourth-order valence-electron chi connectivity index (χ4n) is 3.35. The second-order valence-corrected chi connectivity index (χ2v) is 8.02. The zero-order valence-electron chi connectivity index (χ0n) is 16.3. The molecule has 1 fully saturated rings. The van der Waals surface area contributed by atoms with E-state index in [0.29, 0.717) is 29.5 Å². The molecule has 0 radical (unpaired) electrons. The lowest BCUT2D eigenvalue weighted by Gasteiger charge is -2.28. The first-order chi connectivity index (χ1) is 14.1. The van der Waals surface area contributed by atoms with Crippen molar-refractivity contribution in [1.82, 2.24) is 15.2 Å². The van der Waals surface area contributed by atoms with E-state index in [4.69, 9.17) is 9.47 Å². The molecule has 154 valence electrons. The summed E-state index contributed by atoms with van der Waals surface area (Å²) in [5.41, 5.74) is 2.19. The highest BCUT2D eigenvalue weighted by Gasteiger charge is 2.26. The Morgan fingerprint density at radius 1 is 1.31 bits per heavy atom. The molecule has 1 aromatic heterocycles. The highest BCUT2D eigenvalue weighted by atomic mass is 32.1. The van der Waals surface area contributed by atoms with Gasteiger partial charge in [-0.05, 0) is 24.6 Å². The number of nitrogens with zero attached hydrogens (tertiary/aromatic N) is 3. The second-order valence-electron chi connectivity index (χ2n) is 7.08. The van der Waals surface area contributed by atoms with Gasteiger partial charge in [-0.3, -0.25) is 19.4 Å². The molecule has 0 saturated carbocycles. The van der Waals surface area contributed by atoms with Gasteiger partial charge in [-0.25, -0.2) is 4.98 Å². The van der Waals surface area contributed by atoms with Gasteiger partial charge in [-0.1, -0.05) is 6.07 Å². The van der Waals surface area contributed by atoms with Crippen LogP contribution in [0, 0.1) is 6.92 Å². The number of morpholine rings is 1. The van der Waals surface area contributed by atoms with Crippen molar-refractivity contribution in [2.75, 3.05) is 50.9 Å². The van der Waals surface area contributed by atoms with Crippen LogP contribution in [0.15, 0.2) is 23.6 Å². The van der Waals surface area contributed by atoms with Crippen molar-refractivity contribution in [3.8, 4) is 5.75 Å². The number of nitrogens with one attached hydrogen (secondary N) is 1. The molecular weight excluding hydrogens is 392 g/mol. The molecule has 8 nitrogen and oxygen atoms in total. The SMILES string of the molecule is Cc1ccc2c(c1)OCC(=O)N2Cc1nc(C(=O)NCCN2CCOCC2)cs1. The molecule has 0 unspecified atom stereocenters. The maximum absolute atomic E-state index is 12.4. The van der Waals surface area contributed by atoms with Crippen LogP contribution in [0.1, 0.15) is 21.1 Å². The summed E-state index contributed by atoms with van der Waals surface area (Å²) in [6.45, 7) is 6.95. The van der Waals surface area contributed by atoms with Crippen molar-refractivity contribution in [3.63, 3.8) is 0 Å². The van der Waals surface area contributed by atoms with E-state index in [2.05, 4.69) is 15.2 Å². The van der Waals surface area contributed by atoms with Gasteiger partial charge in [0.2, 0.25) is 0 Å². The number of aryl methyl sites for hydroxylation is 1. The predicted molar refractivity (Wildman–Crippen MR) is 110 cm³/mol. The van der Waals surface area contributed by atoms with E-state index in [-0.39, 0.29) is 18.4 Å². The van der Waals surface area contributed by atoms with Gasteiger partial charge in [0.25, 0.3) is 11.8 Å². The molecule has 0 bridgehead atoms. The molecule has 2 aliphatic rings. The van der Waals surface area contributed by atoms with Crippen LogP contribution < -0.4 is 15.0 Å². The molecule has 9 heteroatoms. The number of hydrogen-bond acceptors (Lipinski definition) is 7. The Morgan fingerprint density at radius 2 is 2.14 bits per heavy atom. The van der Waals surface area contributed by atoms with Gasteiger partial charge in [0.1, 0.15) is 16.5 Å².